The Balaban J connectivity index is 1.87. The number of hydrogen-bond donors (Lipinski definition) is 1. The molecule has 0 bridgehead atoms. The average molecular weight is 294 g/mol. The molecule has 2 N–H and O–H groups in total. The lowest BCUT2D eigenvalue weighted by Crippen LogP contribution is -2.28. The molecule has 0 saturated heterocycles. The summed E-state index contributed by atoms with van der Waals surface area (Å²) in [5.74, 6) is 0.502. The lowest BCUT2D eigenvalue weighted by molar-refractivity contribution is 0.506. The molecule has 0 spiro atoms. The maximum absolute atomic E-state index is 6.32. The molecule has 3 heteroatoms. The zero-order chi connectivity index (χ0) is 11.1. The molecule has 0 fully saturated rings. The van der Waals surface area contributed by atoms with Crippen molar-refractivity contribution >= 4 is 27.3 Å². The fraction of sp³-hybridized carbons (Fsp3) is 0.231. The predicted octanol–water partition coefficient (Wildman–Crippen LogP) is 3.85. The Kier molecular flexibility index (Phi) is 2.62. The molecule has 0 amide bonds. The van der Waals surface area contributed by atoms with Crippen LogP contribution in [-0.4, -0.2) is 0 Å². The molecule has 2 unspecified atom stereocenters. The van der Waals surface area contributed by atoms with Crippen LogP contribution in [0.1, 0.15) is 28.0 Å². The summed E-state index contributed by atoms with van der Waals surface area (Å²) < 4.78 is 1.16. The van der Waals surface area contributed by atoms with Gasteiger partial charge in [0.2, 0.25) is 0 Å². The standard InChI is InChI=1S/C13H12BrNS/c14-12-6-5-11(16-12)13(15)10-7-8-3-1-2-4-9(8)10/h1-6,10,13H,7,15H2. The highest BCUT2D eigenvalue weighted by Gasteiger charge is 2.31. The first kappa shape index (κ1) is 10.5. The first-order valence-corrected chi connectivity index (χ1v) is 6.95. The SMILES string of the molecule is NC(c1ccc(Br)s1)C1Cc2ccccc21. The van der Waals surface area contributed by atoms with E-state index in [1.54, 1.807) is 11.3 Å². The molecule has 0 saturated carbocycles. The Bertz CT molecular complexity index is 520. The highest BCUT2D eigenvalue weighted by atomic mass is 79.9. The summed E-state index contributed by atoms with van der Waals surface area (Å²) >= 11 is 5.22. The quantitative estimate of drug-likeness (QED) is 0.894. The van der Waals surface area contributed by atoms with Gasteiger partial charge in [0.15, 0.2) is 0 Å². The topological polar surface area (TPSA) is 26.0 Å². The van der Waals surface area contributed by atoms with E-state index in [4.69, 9.17) is 5.73 Å². The van der Waals surface area contributed by atoms with Crippen LogP contribution in [0.5, 0.6) is 0 Å². The lowest BCUT2D eigenvalue weighted by Gasteiger charge is -2.34. The zero-order valence-electron chi connectivity index (χ0n) is 8.69. The molecule has 1 heterocycles. The van der Waals surface area contributed by atoms with Crippen LogP contribution in [0.3, 0.4) is 0 Å². The van der Waals surface area contributed by atoms with E-state index in [-0.39, 0.29) is 6.04 Å². The number of halogens is 1. The summed E-state index contributed by atoms with van der Waals surface area (Å²) in [6.07, 6.45) is 1.12. The number of rotatable bonds is 2. The highest BCUT2D eigenvalue weighted by molar-refractivity contribution is 9.11. The Hall–Kier alpha value is -0.640. The van der Waals surface area contributed by atoms with Crippen molar-refractivity contribution < 1.29 is 0 Å². The summed E-state index contributed by atoms with van der Waals surface area (Å²) in [4.78, 5) is 1.27. The maximum atomic E-state index is 6.32. The number of fused-ring (bicyclic) bond motifs is 1. The van der Waals surface area contributed by atoms with Crippen molar-refractivity contribution in [3.05, 3.63) is 56.2 Å². The number of nitrogens with two attached hydrogens (primary N) is 1. The molecular formula is C13H12BrNS. The predicted molar refractivity (Wildman–Crippen MR) is 71.8 cm³/mol. The van der Waals surface area contributed by atoms with Gasteiger partial charge in [-0.3, -0.25) is 0 Å². The monoisotopic (exact) mass is 293 g/mol. The summed E-state index contributed by atoms with van der Waals surface area (Å²) in [6.45, 7) is 0. The number of benzene rings is 1. The van der Waals surface area contributed by atoms with E-state index in [0.29, 0.717) is 5.92 Å². The van der Waals surface area contributed by atoms with Gasteiger partial charge in [-0.05, 0) is 45.6 Å². The van der Waals surface area contributed by atoms with Crippen LogP contribution >= 0.6 is 27.3 Å². The Morgan fingerprint density at radius 3 is 2.75 bits per heavy atom. The van der Waals surface area contributed by atoms with Crippen LogP contribution in [0.4, 0.5) is 0 Å². The van der Waals surface area contributed by atoms with Crippen LogP contribution in [-0.2, 0) is 6.42 Å². The smallest absolute Gasteiger partial charge is 0.0701 e. The van der Waals surface area contributed by atoms with E-state index in [2.05, 4.69) is 52.3 Å². The highest BCUT2D eigenvalue weighted by Crippen LogP contribution is 2.44. The van der Waals surface area contributed by atoms with Gasteiger partial charge in [-0.2, -0.15) is 0 Å². The molecule has 2 atom stereocenters. The Morgan fingerprint density at radius 1 is 1.25 bits per heavy atom. The number of hydrogen-bond acceptors (Lipinski definition) is 2. The van der Waals surface area contributed by atoms with E-state index in [9.17, 15) is 0 Å². The second kappa shape index (κ2) is 3.99. The number of thiophene rings is 1. The van der Waals surface area contributed by atoms with E-state index < -0.39 is 0 Å². The minimum atomic E-state index is 0.145. The van der Waals surface area contributed by atoms with E-state index in [1.165, 1.54) is 16.0 Å². The van der Waals surface area contributed by atoms with Gasteiger partial charge in [-0.25, -0.2) is 0 Å². The van der Waals surface area contributed by atoms with Crippen LogP contribution in [0, 0.1) is 0 Å². The van der Waals surface area contributed by atoms with Gasteiger partial charge in [0.05, 0.1) is 3.79 Å². The minimum absolute atomic E-state index is 0.145. The fourth-order valence-corrected chi connectivity index (χ4v) is 3.81. The van der Waals surface area contributed by atoms with Gasteiger partial charge in [0.1, 0.15) is 0 Å². The molecule has 0 aliphatic heterocycles. The van der Waals surface area contributed by atoms with Crippen molar-refractivity contribution in [3.63, 3.8) is 0 Å². The zero-order valence-corrected chi connectivity index (χ0v) is 11.1. The van der Waals surface area contributed by atoms with Crippen molar-refractivity contribution in [3.8, 4) is 0 Å². The molecule has 1 aromatic heterocycles. The van der Waals surface area contributed by atoms with Gasteiger partial charge < -0.3 is 5.73 Å². The van der Waals surface area contributed by atoms with Gasteiger partial charge >= 0.3 is 0 Å². The minimum Gasteiger partial charge on any atom is -0.323 e. The summed E-state index contributed by atoms with van der Waals surface area (Å²) in [5.41, 5.74) is 9.21. The fourth-order valence-electron chi connectivity index (χ4n) is 2.32. The van der Waals surface area contributed by atoms with E-state index in [0.717, 1.165) is 10.2 Å². The third kappa shape index (κ3) is 1.63. The molecule has 1 aromatic carbocycles. The second-order valence-corrected chi connectivity index (χ2v) is 6.67. The molecule has 1 aliphatic rings. The molecule has 82 valence electrons. The van der Waals surface area contributed by atoms with Crippen LogP contribution in [0.25, 0.3) is 0 Å². The molecule has 3 rings (SSSR count). The van der Waals surface area contributed by atoms with Gasteiger partial charge in [-0.15, -0.1) is 11.3 Å². The van der Waals surface area contributed by atoms with Crippen molar-refractivity contribution in [1.82, 2.24) is 0 Å². The third-order valence-electron chi connectivity index (χ3n) is 3.25. The van der Waals surface area contributed by atoms with Crippen molar-refractivity contribution in [2.75, 3.05) is 0 Å². The average Bonchev–Trinajstić information content (AvgIpc) is 2.67. The Labute approximate surface area is 107 Å². The lowest BCUT2D eigenvalue weighted by atomic mass is 9.73. The molecule has 16 heavy (non-hydrogen) atoms. The first-order valence-electron chi connectivity index (χ1n) is 5.34. The van der Waals surface area contributed by atoms with Crippen molar-refractivity contribution in [2.45, 2.75) is 18.4 Å². The summed E-state index contributed by atoms with van der Waals surface area (Å²) in [7, 11) is 0. The molecular weight excluding hydrogens is 282 g/mol. The summed E-state index contributed by atoms with van der Waals surface area (Å²) in [6, 6.07) is 12.9. The largest absolute Gasteiger partial charge is 0.323 e. The molecule has 0 radical (unpaired) electrons. The molecule has 2 aromatic rings. The van der Waals surface area contributed by atoms with Gasteiger partial charge in [0, 0.05) is 16.8 Å². The maximum Gasteiger partial charge on any atom is 0.0701 e. The van der Waals surface area contributed by atoms with Crippen LogP contribution in [0.15, 0.2) is 40.2 Å². The molecule has 1 aliphatic carbocycles. The van der Waals surface area contributed by atoms with Crippen molar-refractivity contribution in [2.24, 2.45) is 5.73 Å². The Morgan fingerprint density at radius 2 is 2.06 bits per heavy atom. The first-order chi connectivity index (χ1) is 7.75. The van der Waals surface area contributed by atoms with Crippen molar-refractivity contribution in [1.29, 1.82) is 0 Å². The van der Waals surface area contributed by atoms with Gasteiger partial charge in [0.25, 0.3) is 0 Å². The van der Waals surface area contributed by atoms with E-state index in [1.807, 2.05) is 0 Å². The summed E-state index contributed by atoms with van der Waals surface area (Å²) in [5, 5.41) is 0. The third-order valence-corrected chi connectivity index (χ3v) is 4.98. The molecule has 1 nitrogen and oxygen atoms in total. The van der Waals surface area contributed by atoms with Crippen LogP contribution in [0.2, 0.25) is 0 Å². The van der Waals surface area contributed by atoms with E-state index >= 15 is 0 Å². The van der Waals surface area contributed by atoms with Crippen LogP contribution < -0.4 is 5.73 Å². The normalized spacial score (nSPS) is 20.0. The second-order valence-electron chi connectivity index (χ2n) is 4.18. The van der Waals surface area contributed by atoms with Gasteiger partial charge in [-0.1, -0.05) is 24.3 Å².